The van der Waals surface area contributed by atoms with Crippen molar-refractivity contribution in [3.8, 4) is 0 Å². The zero-order valence-electron chi connectivity index (χ0n) is 21.3. The fraction of sp³-hybridized carbons (Fsp3) is 0.560. The molecule has 0 saturated carbocycles. The third-order valence-corrected chi connectivity index (χ3v) is 7.64. The molecule has 11 heteroatoms. The number of halogens is 3. The Morgan fingerprint density at radius 1 is 1.06 bits per heavy atom. The number of anilines is 1. The molecule has 1 aromatic carbocycles. The predicted molar refractivity (Wildman–Crippen MR) is 143 cm³/mol. The van der Waals surface area contributed by atoms with Gasteiger partial charge < -0.3 is 15.3 Å². The Morgan fingerprint density at radius 3 is 2.11 bits per heavy atom. The fourth-order valence-electron chi connectivity index (χ4n) is 3.41. The van der Waals surface area contributed by atoms with E-state index in [0.717, 1.165) is 51.9 Å². The second kappa shape index (κ2) is 14.2. The highest BCUT2D eigenvalue weighted by Crippen LogP contribution is 2.39. The van der Waals surface area contributed by atoms with Gasteiger partial charge in [0.1, 0.15) is 0 Å². The lowest BCUT2D eigenvalue weighted by molar-refractivity contribution is -0.258. The van der Waals surface area contributed by atoms with Crippen molar-refractivity contribution in [1.82, 2.24) is 14.5 Å². The van der Waals surface area contributed by atoms with Crippen LogP contribution in [0.25, 0.3) is 0 Å². The molecule has 2 N–H and O–H groups in total. The minimum absolute atomic E-state index is 0.138. The summed E-state index contributed by atoms with van der Waals surface area (Å²) in [6.45, 7) is 10.7. The van der Waals surface area contributed by atoms with Crippen LogP contribution in [0.4, 0.5) is 18.9 Å². The van der Waals surface area contributed by atoms with Crippen LogP contribution in [-0.2, 0) is 10.4 Å². The molecule has 1 unspecified atom stereocenters. The van der Waals surface area contributed by atoms with Crippen LogP contribution < -0.4 is 10.2 Å². The number of carbonyl (C=O) groups is 1. The quantitative estimate of drug-likeness (QED) is 0.537. The number of hydrogen-bond acceptors (Lipinski definition) is 7. The first-order valence-electron chi connectivity index (χ1n) is 12.0. The molecule has 2 saturated heterocycles. The van der Waals surface area contributed by atoms with Crippen LogP contribution in [0.1, 0.15) is 32.8 Å². The number of carbonyl (C=O) groups excluding carboxylic acids is 1. The number of nitrogens with zero attached hydrogens (tertiary/aromatic N) is 3. The molecule has 2 fully saturated rings. The van der Waals surface area contributed by atoms with Crippen molar-refractivity contribution in [2.24, 2.45) is 0 Å². The fourth-order valence-corrected chi connectivity index (χ4v) is 5.25. The van der Waals surface area contributed by atoms with Gasteiger partial charge in [0.05, 0.1) is 10.8 Å². The summed E-state index contributed by atoms with van der Waals surface area (Å²) in [6, 6.07) is 10.1. The number of piperazine rings is 2. The molecule has 0 radical (unpaired) electrons. The Morgan fingerprint density at radius 2 is 1.67 bits per heavy atom. The van der Waals surface area contributed by atoms with Crippen molar-refractivity contribution in [1.29, 1.82) is 0 Å². The molecule has 2 aliphatic heterocycles. The molecule has 6 nitrogen and oxygen atoms in total. The topological polar surface area (TPSA) is 59.1 Å². The third kappa shape index (κ3) is 9.26. The lowest BCUT2D eigenvalue weighted by Crippen LogP contribution is -2.45. The van der Waals surface area contributed by atoms with Gasteiger partial charge in [-0.15, -0.1) is 11.3 Å². The van der Waals surface area contributed by atoms with Gasteiger partial charge >= 0.3 is 6.18 Å². The summed E-state index contributed by atoms with van der Waals surface area (Å²) in [5.41, 5.74) is -2.10. The van der Waals surface area contributed by atoms with E-state index in [2.05, 4.69) is 39.8 Å². The second-order valence-corrected chi connectivity index (χ2v) is 11.2. The summed E-state index contributed by atoms with van der Waals surface area (Å²) in [5.74, 6) is 0.138. The number of likely N-dealkylation sites (N-methyl/N-ethyl adjacent to an activating group) is 1. The van der Waals surface area contributed by atoms with E-state index in [1.807, 2.05) is 18.0 Å². The standard InChI is InChI=1S/C17H19F3N2OS2.C5H10N2O.C3H8/c1-16(23,17(18,19)20)13-4-6-14(7-5-13)21-8-10-22(11-9-21)25-15-3-2-12-24-15;1-7-3-2-6-5(8)4-7;1-3-2/h2-7,12,23H,8-11H2,1H3;2-4H2,1H3,(H,6,8);3H2,1-2H3. The van der Waals surface area contributed by atoms with E-state index in [1.54, 1.807) is 35.4 Å². The Balaban J connectivity index is 0.000000345. The average Bonchev–Trinajstić information content (AvgIpc) is 3.33. The van der Waals surface area contributed by atoms with Crippen molar-refractivity contribution < 1.29 is 23.1 Å². The van der Waals surface area contributed by atoms with Gasteiger partial charge in [0.2, 0.25) is 5.91 Å². The van der Waals surface area contributed by atoms with Crippen molar-refractivity contribution in [3.05, 3.63) is 47.3 Å². The molecule has 0 aliphatic carbocycles. The van der Waals surface area contributed by atoms with Gasteiger partial charge in [-0.3, -0.25) is 9.69 Å². The highest BCUT2D eigenvalue weighted by Gasteiger charge is 2.51. The number of thiophene rings is 1. The number of rotatable bonds is 4. The van der Waals surface area contributed by atoms with Gasteiger partial charge in [-0.2, -0.15) is 13.2 Å². The zero-order valence-corrected chi connectivity index (χ0v) is 23.0. The summed E-state index contributed by atoms with van der Waals surface area (Å²) in [7, 11) is 1.94. The molecular weight excluding hydrogens is 509 g/mol. The molecule has 1 aromatic heterocycles. The van der Waals surface area contributed by atoms with E-state index in [4.69, 9.17) is 0 Å². The van der Waals surface area contributed by atoms with Crippen LogP contribution in [-0.4, -0.2) is 79.3 Å². The maximum atomic E-state index is 12.9. The predicted octanol–water partition coefficient (Wildman–Crippen LogP) is 4.81. The van der Waals surface area contributed by atoms with E-state index >= 15 is 0 Å². The van der Waals surface area contributed by atoms with E-state index in [-0.39, 0.29) is 11.5 Å². The maximum absolute atomic E-state index is 12.9. The number of alkyl halides is 3. The summed E-state index contributed by atoms with van der Waals surface area (Å²) in [5, 5.41) is 14.5. The minimum Gasteiger partial charge on any atom is -0.376 e. The number of benzene rings is 1. The van der Waals surface area contributed by atoms with Crippen molar-refractivity contribution in [2.45, 2.75) is 43.2 Å². The molecule has 1 amide bonds. The molecule has 36 heavy (non-hydrogen) atoms. The number of aliphatic hydroxyl groups is 1. The van der Waals surface area contributed by atoms with Crippen molar-refractivity contribution >= 4 is 34.9 Å². The average molecular weight is 547 g/mol. The van der Waals surface area contributed by atoms with Gasteiger partial charge in [-0.05, 0) is 55.1 Å². The first kappa shape index (κ1) is 30.4. The van der Waals surface area contributed by atoms with E-state index < -0.39 is 11.8 Å². The van der Waals surface area contributed by atoms with E-state index in [9.17, 15) is 23.1 Å². The Bertz CT molecular complexity index is 901. The van der Waals surface area contributed by atoms with Gasteiger partial charge in [-0.1, -0.05) is 38.5 Å². The van der Waals surface area contributed by atoms with Gasteiger partial charge in [-0.25, -0.2) is 4.31 Å². The van der Waals surface area contributed by atoms with Crippen LogP contribution in [0.5, 0.6) is 0 Å². The molecule has 0 bridgehead atoms. The van der Waals surface area contributed by atoms with Gasteiger partial charge in [0, 0.05) is 45.0 Å². The first-order valence-corrected chi connectivity index (χ1v) is 13.7. The van der Waals surface area contributed by atoms with Gasteiger partial charge in [0.15, 0.2) is 5.60 Å². The smallest absolute Gasteiger partial charge is 0.376 e. The second-order valence-electron chi connectivity index (χ2n) is 8.85. The number of nitrogens with one attached hydrogen (secondary N) is 1. The zero-order chi connectivity index (χ0) is 26.8. The van der Waals surface area contributed by atoms with Crippen LogP contribution >= 0.6 is 23.3 Å². The minimum atomic E-state index is -4.70. The molecular formula is C25H37F3N4O2S2. The van der Waals surface area contributed by atoms with Crippen LogP contribution in [0.3, 0.4) is 0 Å². The van der Waals surface area contributed by atoms with E-state index in [0.29, 0.717) is 6.54 Å². The third-order valence-electron chi connectivity index (χ3n) is 5.53. The van der Waals surface area contributed by atoms with Crippen molar-refractivity contribution in [2.75, 3.05) is 57.8 Å². The highest BCUT2D eigenvalue weighted by molar-refractivity contribution is 7.98. The highest BCUT2D eigenvalue weighted by atomic mass is 32.2. The first-order chi connectivity index (χ1) is 17.0. The molecule has 1 atom stereocenters. The Hall–Kier alpha value is -1.79. The molecule has 4 rings (SSSR count). The van der Waals surface area contributed by atoms with Crippen molar-refractivity contribution in [3.63, 3.8) is 0 Å². The summed E-state index contributed by atoms with van der Waals surface area (Å²) < 4.78 is 42.3. The summed E-state index contributed by atoms with van der Waals surface area (Å²) in [4.78, 5) is 14.7. The van der Waals surface area contributed by atoms with E-state index in [1.165, 1.54) is 22.8 Å². The monoisotopic (exact) mass is 546 g/mol. The molecule has 2 aliphatic rings. The normalized spacial score (nSPS) is 18.8. The largest absolute Gasteiger partial charge is 0.421 e. The molecule has 0 spiro atoms. The molecule has 3 heterocycles. The van der Waals surface area contributed by atoms with Crippen LogP contribution in [0.2, 0.25) is 0 Å². The Kier molecular flexibility index (Phi) is 12.0. The SMILES string of the molecule is CC(O)(c1ccc(N2CCN(Sc3cccs3)CC2)cc1)C(F)(F)F.CCC.CN1CCNC(=O)C1. The lowest BCUT2D eigenvalue weighted by Gasteiger charge is -2.35. The number of amides is 1. The number of hydrogen-bond donors (Lipinski definition) is 2. The lowest BCUT2D eigenvalue weighted by atomic mass is 9.95. The summed E-state index contributed by atoms with van der Waals surface area (Å²) in [6.07, 6.45) is -3.45. The molecule has 202 valence electrons. The van der Waals surface area contributed by atoms with Crippen LogP contribution in [0, 0.1) is 0 Å². The Labute approximate surface area is 220 Å². The maximum Gasteiger partial charge on any atom is 0.421 e. The summed E-state index contributed by atoms with van der Waals surface area (Å²) >= 11 is 3.46. The van der Waals surface area contributed by atoms with Crippen LogP contribution in [0.15, 0.2) is 46.0 Å². The van der Waals surface area contributed by atoms with Gasteiger partial charge in [0.25, 0.3) is 0 Å². The molecule has 2 aromatic rings.